The van der Waals surface area contributed by atoms with E-state index in [0.717, 1.165) is 42.8 Å². The zero-order valence-electron chi connectivity index (χ0n) is 15.5. The highest BCUT2D eigenvalue weighted by molar-refractivity contribution is 5.98. The number of nitrogens with zero attached hydrogens (tertiary/aromatic N) is 1. The number of H-pyrrole nitrogens is 1. The highest BCUT2D eigenvalue weighted by atomic mass is 16.5. The number of imidazole rings is 1. The van der Waals surface area contributed by atoms with Gasteiger partial charge in [0.2, 0.25) is 5.91 Å². The molecule has 5 N–H and O–H groups in total. The molecule has 0 spiro atoms. The van der Waals surface area contributed by atoms with Crippen LogP contribution in [0.25, 0.3) is 11.3 Å². The summed E-state index contributed by atoms with van der Waals surface area (Å²) in [5.41, 5.74) is 8.90. The maximum absolute atomic E-state index is 12.8. The van der Waals surface area contributed by atoms with Crippen molar-refractivity contribution in [1.29, 1.82) is 0 Å². The first-order valence-electron chi connectivity index (χ1n) is 9.12. The molecule has 0 saturated heterocycles. The summed E-state index contributed by atoms with van der Waals surface area (Å²) in [4.78, 5) is 31.9. The second kappa shape index (κ2) is 8.22. The van der Waals surface area contributed by atoms with Crippen LogP contribution < -0.4 is 16.4 Å². The van der Waals surface area contributed by atoms with Crippen LogP contribution in [0, 0.1) is 5.92 Å². The lowest BCUT2D eigenvalue weighted by Gasteiger charge is -2.19. The third kappa shape index (κ3) is 4.28. The van der Waals surface area contributed by atoms with Crippen LogP contribution in [-0.2, 0) is 9.53 Å². The SMILES string of the molecule is CCC1CCCC(N)c2ncc([nH]2)-c2ccc(NC(=O)OC)cc2NC1=O. The first-order chi connectivity index (χ1) is 13.0. The van der Waals surface area contributed by atoms with Crippen LogP contribution in [-0.4, -0.2) is 29.1 Å². The van der Waals surface area contributed by atoms with Crippen molar-refractivity contribution in [3.8, 4) is 11.3 Å². The topological polar surface area (TPSA) is 122 Å². The molecule has 2 amide bonds. The minimum absolute atomic E-state index is 0.0390. The van der Waals surface area contributed by atoms with Crippen molar-refractivity contribution in [3.63, 3.8) is 0 Å². The van der Waals surface area contributed by atoms with Crippen molar-refractivity contribution in [3.05, 3.63) is 30.2 Å². The number of rotatable bonds is 2. The van der Waals surface area contributed by atoms with E-state index in [9.17, 15) is 9.59 Å². The number of aromatic amines is 1. The van der Waals surface area contributed by atoms with Gasteiger partial charge in [-0.2, -0.15) is 0 Å². The quantitative estimate of drug-likeness (QED) is 0.644. The van der Waals surface area contributed by atoms with E-state index >= 15 is 0 Å². The zero-order valence-corrected chi connectivity index (χ0v) is 15.5. The largest absolute Gasteiger partial charge is 0.453 e. The molecule has 0 fully saturated rings. The van der Waals surface area contributed by atoms with Crippen molar-refractivity contribution in [2.75, 3.05) is 17.7 Å². The second-order valence-electron chi connectivity index (χ2n) is 6.69. The van der Waals surface area contributed by atoms with E-state index in [-0.39, 0.29) is 17.9 Å². The predicted molar refractivity (Wildman–Crippen MR) is 103 cm³/mol. The number of ether oxygens (including phenoxy) is 1. The van der Waals surface area contributed by atoms with Crippen LogP contribution in [0.1, 0.15) is 44.5 Å². The summed E-state index contributed by atoms with van der Waals surface area (Å²) in [6.45, 7) is 2.00. The lowest BCUT2D eigenvalue weighted by molar-refractivity contribution is -0.120. The Morgan fingerprint density at radius 3 is 2.96 bits per heavy atom. The molecule has 2 atom stereocenters. The average molecular weight is 371 g/mol. The average Bonchev–Trinajstić information content (AvgIpc) is 3.14. The lowest BCUT2D eigenvalue weighted by atomic mass is 9.96. The second-order valence-corrected chi connectivity index (χ2v) is 6.69. The molecule has 0 aliphatic carbocycles. The van der Waals surface area contributed by atoms with Gasteiger partial charge in [0, 0.05) is 17.2 Å². The number of nitrogens with two attached hydrogens (primary N) is 1. The molecule has 1 aliphatic rings. The first kappa shape index (κ1) is 18.9. The Morgan fingerprint density at radius 1 is 1.41 bits per heavy atom. The summed E-state index contributed by atoms with van der Waals surface area (Å²) in [6.07, 6.45) is 4.27. The van der Waals surface area contributed by atoms with E-state index in [1.165, 1.54) is 7.11 Å². The van der Waals surface area contributed by atoms with E-state index in [2.05, 4.69) is 25.3 Å². The van der Waals surface area contributed by atoms with Gasteiger partial charge >= 0.3 is 6.09 Å². The zero-order chi connectivity index (χ0) is 19.4. The number of aromatic nitrogens is 2. The monoisotopic (exact) mass is 371 g/mol. The standard InChI is InChI=1S/C19H25N5O3/c1-3-11-5-4-6-14(20)17-21-10-16(23-17)13-8-7-12(22-19(26)27-2)9-15(13)24-18(11)25/h7-11,14H,3-6,20H2,1-2H3,(H,21,23)(H,22,26)(H,24,25). The Labute approximate surface area is 157 Å². The minimum Gasteiger partial charge on any atom is -0.453 e. The molecule has 144 valence electrons. The Morgan fingerprint density at radius 2 is 2.22 bits per heavy atom. The number of carbonyl (C=O) groups excluding carboxylic acids is 2. The fourth-order valence-corrected chi connectivity index (χ4v) is 3.27. The van der Waals surface area contributed by atoms with E-state index in [1.807, 2.05) is 13.0 Å². The molecule has 1 aromatic carbocycles. The van der Waals surface area contributed by atoms with E-state index in [0.29, 0.717) is 11.4 Å². The molecule has 2 heterocycles. The molecule has 0 saturated carbocycles. The molecule has 0 radical (unpaired) electrons. The molecule has 1 aromatic heterocycles. The number of carbonyl (C=O) groups is 2. The Kier molecular flexibility index (Phi) is 5.75. The van der Waals surface area contributed by atoms with Crippen molar-refractivity contribution >= 4 is 23.4 Å². The third-order valence-electron chi connectivity index (χ3n) is 4.88. The number of amides is 2. The summed E-state index contributed by atoms with van der Waals surface area (Å²) < 4.78 is 4.63. The number of anilines is 2. The number of nitrogens with one attached hydrogen (secondary N) is 3. The van der Waals surface area contributed by atoms with Crippen LogP contribution in [0.2, 0.25) is 0 Å². The van der Waals surface area contributed by atoms with Gasteiger partial charge < -0.3 is 20.8 Å². The molecular formula is C19H25N5O3. The molecule has 2 bridgehead atoms. The number of methoxy groups -OCH3 is 1. The molecular weight excluding hydrogens is 346 g/mol. The molecule has 1 aliphatic heterocycles. The van der Waals surface area contributed by atoms with Gasteiger partial charge in [0.25, 0.3) is 0 Å². The summed E-state index contributed by atoms with van der Waals surface area (Å²) in [7, 11) is 1.30. The van der Waals surface area contributed by atoms with E-state index in [1.54, 1.807) is 18.3 Å². The van der Waals surface area contributed by atoms with Gasteiger partial charge in [-0.15, -0.1) is 0 Å². The van der Waals surface area contributed by atoms with Gasteiger partial charge in [0.05, 0.1) is 30.7 Å². The van der Waals surface area contributed by atoms with Crippen LogP contribution >= 0.6 is 0 Å². The molecule has 3 rings (SSSR count). The van der Waals surface area contributed by atoms with Crippen molar-refractivity contribution in [1.82, 2.24) is 9.97 Å². The number of hydrogen-bond acceptors (Lipinski definition) is 5. The number of fused-ring (bicyclic) bond motifs is 4. The molecule has 8 heteroatoms. The Bertz CT molecular complexity index is 833. The maximum atomic E-state index is 12.8. The highest BCUT2D eigenvalue weighted by Gasteiger charge is 2.21. The summed E-state index contributed by atoms with van der Waals surface area (Å²) in [6, 6.07) is 5.08. The van der Waals surface area contributed by atoms with Crippen LogP contribution in [0.5, 0.6) is 0 Å². The molecule has 2 unspecified atom stereocenters. The number of benzene rings is 1. The molecule has 8 nitrogen and oxygen atoms in total. The molecule has 27 heavy (non-hydrogen) atoms. The van der Waals surface area contributed by atoms with Gasteiger partial charge in [-0.05, 0) is 37.5 Å². The summed E-state index contributed by atoms with van der Waals surface area (Å²) >= 11 is 0. The van der Waals surface area contributed by atoms with Crippen LogP contribution in [0.4, 0.5) is 16.2 Å². The Balaban J connectivity index is 2.03. The summed E-state index contributed by atoms with van der Waals surface area (Å²) in [5.74, 6) is 0.596. The lowest BCUT2D eigenvalue weighted by Crippen LogP contribution is -2.23. The van der Waals surface area contributed by atoms with Crippen LogP contribution in [0.3, 0.4) is 0 Å². The van der Waals surface area contributed by atoms with Crippen molar-refractivity contribution < 1.29 is 14.3 Å². The normalized spacial score (nSPS) is 19.9. The third-order valence-corrected chi connectivity index (χ3v) is 4.88. The van der Waals surface area contributed by atoms with Gasteiger partial charge in [-0.3, -0.25) is 10.1 Å². The van der Waals surface area contributed by atoms with E-state index in [4.69, 9.17) is 5.73 Å². The minimum atomic E-state index is -0.573. The molecule has 2 aromatic rings. The van der Waals surface area contributed by atoms with Gasteiger partial charge in [0.15, 0.2) is 0 Å². The summed E-state index contributed by atoms with van der Waals surface area (Å²) in [5, 5.41) is 5.63. The Hall–Kier alpha value is -2.87. The highest BCUT2D eigenvalue weighted by Crippen LogP contribution is 2.32. The van der Waals surface area contributed by atoms with Gasteiger partial charge in [-0.1, -0.05) is 13.3 Å². The fraction of sp³-hybridized carbons (Fsp3) is 0.421. The van der Waals surface area contributed by atoms with E-state index < -0.39 is 6.09 Å². The fourth-order valence-electron chi connectivity index (χ4n) is 3.27. The first-order valence-corrected chi connectivity index (χ1v) is 9.12. The predicted octanol–water partition coefficient (Wildman–Crippen LogP) is 3.40. The smallest absolute Gasteiger partial charge is 0.411 e. The van der Waals surface area contributed by atoms with Crippen molar-refractivity contribution in [2.24, 2.45) is 11.7 Å². The van der Waals surface area contributed by atoms with Crippen molar-refractivity contribution in [2.45, 2.75) is 38.6 Å². The maximum Gasteiger partial charge on any atom is 0.411 e. The van der Waals surface area contributed by atoms with Gasteiger partial charge in [-0.25, -0.2) is 9.78 Å². The number of hydrogen-bond donors (Lipinski definition) is 4. The van der Waals surface area contributed by atoms with Crippen LogP contribution in [0.15, 0.2) is 24.4 Å². The van der Waals surface area contributed by atoms with Gasteiger partial charge in [0.1, 0.15) is 5.82 Å².